The Labute approximate surface area is 123 Å². The molecule has 2 heterocycles. The van der Waals surface area contributed by atoms with E-state index in [0.717, 1.165) is 31.1 Å². The lowest BCUT2D eigenvalue weighted by atomic mass is 10.3. The third kappa shape index (κ3) is 3.28. The molecule has 20 heavy (non-hydrogen) atoms. The summed E-state index contributed by atoms with van der Waals surface area (Å²) >= 11 is 1.81. The van der Waals surface area contributed by atoms with Crippen LogP contribution in [0.1, 0.15) is 31.1 Å². The van der Waals surface area contributed by atoms with Crippen LogP contribution in [0, 0.1) is 0 Å². The van der Waals surface area contributed by atoms with Gasteiger partial charge in [-0.2, -0.15) is 0 Å². The van der Waals surface area contributed by atoms with Gasteiger partial charge >= 0.3 is 0 Å². The van der Waals surface area contributed by atoms with Crippen LogP contribution in [0.2, 0.25) is 0 Å². The van der Waals surface area contributed by atoms with Crippen LogP contribution in [0.25, 0.3) is 0 Å². The Balaban J connectivity index is 1.76. The van der Waals surface area contributed by atoms with Crippen LogP contribution in [0.5, 0.6) is 0 Å². The van der Waals surface area contributed by atoms with Gasteiger partial charge in [0.25, 0.3) is 0 Å². The van der Waals surface area contributed by atoms with Gasteiger partial charge in [-0.15, -0.1) is 11.3 Å². The van der Waals surface area contributed by atoms with E-state index >= 15 is 0 Å². The number of aromatic nitrogens is 2. The van der Waals surface area contributed by atoms with Crippen molar-refractivity contribution >= 4 is 23.0 Å². The van der Waals surface area contributed by atoms with E-state index in [4.69, 9.17) is 0 Å². The Morgan fingerprint density at radius 1 is 1.40 bits per heavy atom. The number of hydrogen-bond donors (Lipinski definition) is 1. The fourth-order valence-corrected chi connectivity index (χ4v) is 2.91. The minimum atomic E-state index is 0.644. The van der Waals surface area contributed by atoms with Crippen LogP contribution in [-0.4, -0.2) is 22.6 Å². The molecular weight excluding hydrogens is 268 g/mol. The molecule has 2 aromatic heterocycles. The number of anilines is 2. The van der Waals surface area contributed by atoms with Crippen LogP contribution in [0.3, 0.4) is 0 Å². The molecule has 1 fully saturated rings. The highest BCUT2D eigenvalue weighted by molar-refractivity contribution is 7.09. The molecule has 5 heteroatoms. The molecule has 0 bridgehead atoms. The molecule has 0 spiro atoms. The molecule has 0 aromatic carbocycles. The highest BCUT2D eigenvalue weighted by Gasteiger charge is 2.30. The van der Waals surface area contributed by atoms with E-state index in [-0.39, 0.29) is 0 Å². The standard InChI is InChI=1S/C15H20N4S/c1-2-7-16-14-9-15(18-11-17-14)19(12-5-6-12)10-13-4-3-8-20-13/h3-4,8-9,11-12H,2,5-7,10H2,1H3,(H,16,17,18). The van der Waals surface area contributed by atoms with Gasteiger partial charge in [-0.3, -0.25) is 0 Å². The third-order valence-corrected chi connectivity index (χ3v) is 4.26. The normalized spacial score (nSPS) is 14.2. The second-order valence-corrected chi connectivity index (χ2v) is 6.16. The van der Waals surface area contributed by atoms with Gasteiger partial charge in [0.05, 0.1) is 6.54 Å². The zero-order chi connectivity index (χ0) is 13.8. The Morgan fingerprint density at radius 2 is 2.30 bits per heavy atom. The summed E-state index contributed by atoms with van der Waals surface area (Å²) in [5.41, 5.74) is 0. The van der Waals surface area contributed by atoms with E-state index in [0.29, 0.717) is 6.04 Å². The summed E-state index contributed by atoms with van der Waals surface area (Å²) in [7, 11) is 0. The maximum Gasteiger partial charge on any atom is 0.134 e. The first-order valence-corrected chi connectivity index (χ1v) is 8.09. The topological polar surface area (TPSA) is 41.0 Å². The zero-order valence-electron chi connectivity index (χ0n) is 11.7. The van der Waals surface area contributed by atoms with Crippen LogP contribution < -0.4 is 10.2 Å². The summed E-state index contributed by atoms with van der Waals surface area (Å²) in [6, 6.07) is 7.02. The summed E-state index contributed by atoms with van der Waals surface area (Å²) in [5, 5.41) is 5.47. The molecule has 1 saturated carbocycles. The third-order valence-electron chi connectivity index (χ3n) is 3.40. The molecule has 2 aromatic rings. The number of thiophene rings is 1. The summed E-state index contributed by atoms with van der Waals surface area (Å²) < 4.78 is 0. The molecule has 1 aliphatic rings. The summed E-state index contributed by atoms with van der Waals surface area (Å²) in [6.45, 7) is 4.06. The van der Waals surface area contributed by atoms with E-state index in [1.54, 1.807) is 6.33 Å². The predicted octanol–water partition coefficient (Wildman–Crippen LogP) is 3.53. The Kier molecular flexibility index (Phi) is 4.16. The van der Waals surface area contributed by atoms with Crippen LogP contribution in [0.15, 0.2) is 29.9 Å². The molecule has 1 N–H and O–H groups in total. The molecule has 3 rings (SSSR count). The highest BCUT2D eigenvalue weighted by Crippen LogP contribution is 2.33. The lowest BCUT2D eigenvalue weighted by molar-refractivity contribution is 0.783. The predicted molar refractivity (Wildman–Crippen MR) is 84.3 cm³/mol. The molecule has 1 aliphatic carbocycles. The maximum absolute atomic E-state index is 4.47. The van der Waals surface area contributed by atoms with Gasteiger partial charge in [0, 0.05) is 23.5 Å². The van der Waals surface area contributed by atoms with Crippen molar-refractivity contribution < 1.29 is 0 Å². The second kappa shape index (κ2) is 6.22. The first-order valence-electron chi connectivity index (χ1n) is 7.21. The van der Waals surface area contributed by atoms with E-state index in [2.05, 4.69) is 50.7 Å². The van der Waals surface area contributed by atoms with E-state index in [1.807, 2.05) is 11.3 Å². The molecule has 0 atom stereocenters. The largest absolute Gasteiger partial charge is 0.370 e. The lowest BCUT2D eigenvalue weighted by Gasteiger charge is -2.23. The van der Waals surface area contributed by atoms with Gasteiger partial charge in [0.15, 0.2) is 0 Å². The minimum absolute atomic E-state index is 0.644. The van der Waals surface area contributed by atoms with Crippen molar-refractivity contribution in [3.63, 3.8) is 0 Å². The Morgan fingerprint density at radius 3 is 3.00 bits per heavy atom. The van der Waals surface area contributed by atoms with Crippen molar-refractivity contribution in [3.8, 4) is 0 Å². The Bertz CT molecular complexity index is 537. The monoisotopic (exact) mass is 288 g/mol. The first-order chi connectivity index (χ1) is 9.86. The van der Waals surface area contributed by atoms with Crippen molar-refractivity contribution in [2.75, 3.05) is 16.8 Å². The smallest absolute Gasteiger partial charge is 0.134 e. The van der Waals surface area contributed by atoms with Crippen molar-refractivity contribution in [1.82, 2.24) is 9.97 Å². The second-order valence-electron chi connectivity index (χ2n) is 5.13. The number of nitrogens with one attached hydrogen (secondary N) is 1. The quantitative estimate of drug-likeness (QED) is 0.846. The highest BCUT2D eigenvalue weighted by atomic mass is 32.1. The lowest BCUT2D eigenvalue weighted by Crippen LogP contribution is -2.25. The Hall–Kier alpha value is -1.62. The average molecular weight is 288 g/mol. The molecule has 0 aliphatic heterocycles. The number of rotatable bonds is 7. The zero-order valence-corrected chi connectivity index (χ0v) is 12.6. The molecule has 106 valence electrons. The van der Waals surface area contributed by atoms with Crippen molar-refractivity contribution in [2.24, 2.45) is 0 Å². The summed E-state index contributed by atoms with van der Waals surface area (Å²) in [5.74, 6) is 1.96. The van der Waals surface area contributed by atoms with Gasteiger partial charge in [0.2, 0.25) is 0 Å². The van der Waals surface area contributed by atoms with E-state index < -0.39 is 0 Å². The minimum Gasteiger partial charge on any atom is -0.370 e. The SMILES string of the molecule is CCCNc1cc(N(Cc2cccs2)C2CC2)ncn1. The average Bonchev–Trinajstić information content (AvgIpc) is 3.19. The molecule has 0 saturated heterocycles. The number of nitrogens with zero attached hydrogens (tertiary/aromatic N) is 3. The molecule has 0 radical (unpaired) electrons. The summed E-state index contributed by atoms with van der Waals surface area (Å²) in [6.07, 6.45) is 5.30. The van der Waals surface area contributed by atoms with Gasteiger partial charge in [-0.05, 0) is 30.7 Å². The van der Waals surface area contributed by atoms with Gasteiger partial charge in [0.1, 0.15) is 18.0 Å². The molecule has 4 nitrogen and oxygen atoms in total. The van der Waals surface area contributed by atoms with Crippen LogP contribution in [-0.2, 0) is 6.54 Å². The first kappa shape index (κ1) is 13.4. The fourth-order valence-electron chi connectivity index (χ4n) is 2.21. The van der Waals surface area contributed by atoms with Gasteiger partial charge < -0.3 is 10.2 Å². The fraction of sp³-hybridized carbons (Fsp3) is 0.467. The van der Waals surface area contributed by atoms with E-state index in [1.165, 1.54) is 17.7 Å². The van der Waals surface area contributed by atoms with Crippen LogP contribution in [0.4, 0.5) is 11.6 Å². The van der Waals surface area contributed by atoms with Crippen molar-refractivity contribution in [2.45, 2.75) is 38.8 Å². The van der Waals surface area contributed by atoms with Crippen LogP contribution >= 0.6 is 11.3 Å². The molecular formula is C15H20N4S. The van der Waals surface area contributed by atoms with Gasteiger partial charge in [-0.1, -0.05) is 13.0 Å². The molecule has 0 unspecified atom stereocenters. The summed E-state index contributed by atoms with van der Waals surface area (Å²) in [4.78, 5) is 12.6. The maximum atomic E-state index is 4.47. The van der Waals surface area contributed by atoms with Crippen molar-refractivity contribution in [1.29, 1.82) is 0 Å². The number of hydrogen-bond acceptors (Lipinski definition) is 5. The van der Waals surface area contributed by atoms with Crippen molar-refractivity contribution in [3.05, 3.63) is 34.8 Å². The van der Waals surface area contributed by atoms with E-state index in [9.17, 15) is 0 Å². The molecule has 0 amide bonds. The van der Waals surface area contributed by atoms with Gasteiger partial charge in [-0.25, -0.2) is 9.97 Å².